The van der Waals surface area contributed by atoms with E-state index in [1.54, 1.807) is 0 Å². The highest BCUT2D eigenvalue weighted by atomic mass is 16.5. The fourth-order valence-electron chi connectivity index (χ4n) is 3.56. The van der Waals surface area contributed by atoms with E-state index in [1.165, 1.54) is 56.9 Å². The molecule has 0 amide bonds. The number of para-hydroxylation sites is 1. The predicted molar refractivity (Wildman–Crippen MR) is 154 cm³/mol. The molecule has 0 unspecified atom stereocenters. The van der Waals surface area contributed by atoms with Crippen molar-refractivity contribution in [1.82, 2.24) is 0 Å². The van der Waals surface area contributed by atoms with Gasteiger partial charge < -0.3 is 9.47 Å². The molecule has 0 aromatic heterocycles. The molecule has 0 bridgehead atoms. The maximum absolute atomic E-state index is 5.69. The normalized spacial score (nSPS) is 19.4. The molecule has 0 radical (unpaired) electrons. The van der Waals surface area contributed by atoms with E-state index < -0.39 is 0 Å². The van der Waals surface area contributed by atoms with Gasteiger partial charge in [0.25, 0.3) is 0 Å². The second-order valence-corrected chi connectivity index (χ2v) is 12.1. The second kappa shape index (κ2) is 19.2. The number of hydrogen-bond donors (Lipinski definition) is 0. The average molecular weight is 479 g/mol. The van der Waals surface area contributed by atoms with Crippen LogP contribution in [0.3, 0.4) is 0 Å². The summed E-state index contributed by atoms with van der Waals surface area (Å²) in [7, 11) is 0. The zero-order valence-electron chi connectivity index (χ0n) is 25.4. The molecule has 1 saturated carbocycles. The molecule has 2 fully saturated rings. The maximum atomic E-state index is 5.69. The van der Waals surface area contributed by atoms with Crippen LogP contribution in [-0.4, -0.2) is 18.8 Å². The van der Waals surface area contributed by atoms with E-state index in [4.69, 9.17) is 9.47 Å². The highest BCUT2D eigenvalue weighted by molar-refractivity contribution is 5.38. The van der Waals surface area contributed by atoms with Crippen molar-refractivity contribution in [2.24, 2.45) is 10.8 Å². The van der Waals surface area contributed by atoms with Crippen LogP contribution in [0.2, 0.25) is 0 Å². The molecular weight excluding hydrogens is 416 g/mol. The maximum Gasteiger partial charge on any atom is 0.123 e. The van der Waals surface area contributed by atoms with Gasteiger partial charge in [-0.05, 0) is 43.7 Å². The van der Waals surface area contributed by atoms with E-state index >= 15 is 0 Å². The lowest BCUT2D eigenvalue weighted by molar-refractivity contribution is -0.0892. The number of rotatable bonds is 0. The molecule has 2 heteroatoms. The Labute approximate surface area is 215 Å². The van der Waals surface area contributed by atoms with Gasteiger partial charge in [0.2, 0.25) is 0 Å². The Hall–Kier alpha value is -1.02. The van der Waals surface area contributed by atoms with Crippen LogP contribution in [0.4, 0.5) is 0 Å². The summed E-state index contributed by atoms with van der Waals surface area (Å²) in [6, 6.07) is 8.23. The number of fused-ring (bicyclic) bond motifs is 1. The largest absolute Gasteiger partial charge is 0.487 e. The summed E-state index contributed by atoms with van der Waals surface area (Å²) in [6.07, 6.45) is 12.1. The van der Waals surface area contributed by atoms with Gasteiger partial charge in [0, 0.05) is 11.8 Å². The summed E-state index contributed by atoms with van der Waals surface area (Å²) in [5.41, 5.74) is 2.51. The third kappa shape index (κ3) is 19.3. The van der Waals surface area contributed by atoms with Gasteiger partial charge in [-0.3, -0.25) is 0 Å². The average Bonchev–Trinajstić information content (AvgIpc) is 3.03. The first-order valence-corrected chi connectivity index (χ1v) is 14.2. The van der Waals surface area contributed by atoms with Crippen molar-refractivity contribution in [1.29, 1.82) is 0 Å². The summed E-state index contributed by atoms with van der Waals surface area (Å²) in [5.74, 6) is 1.05. The molecule has 1 aromatic carbocycles. The molecule has 1 aromatic rings. The zero-order valence-corrected chi connectivity index (χ0v) is 25.4. The summed E-state index contributed by atoms with van der Waals surface area (Å²) in [5, 5.41) is 0. The number of ether oxygens (including phenoxy) is 2. The van der Waals surface area contributed by atoms with Gasteiger partial charge in [-0.25, -0.2) is 0 Å². The Bertz CT molecular complexity index is 541. The summed E-state index contributed by atoms with van der Waals surface area (Å²) < 4.78 is 10.6. The minimum Gasteiger partial charge on any atom is -0.487 e. The van der Waals surface area contributed by atoms with Crippen LogP contribution in [0.5, 0.6) is 5.75 Å². The summed E-state index contributed by atoms with van der Waals surface area (Å²) >= 11 is 0. The van der Waals surface area contributed by atoms with Crippen LogP contribution >= 0.6 is 0 Å². The van der Waals surface area contributed by atoms with Crippen LogP contribution < -0.4 is 4.74 Å². The molecule has 4 rings (SSSR count). The van der Waals surface area contributed by atoms with E-state index in [9.17, 15) is 0 Å². The van der Waals surface area contributed by atoms with Gasteiger partial charge in [0.05, 0.1) is 13.2 Å². The Balaban J connectivity index is 0. The Morgan fingerprint density at radius 1 is 0.647 bits per heavy atom. The summed E-state index contributed by atoms with van der Waals surface area (Å²) in [6.45, 7) is 28.1. The smallest absolute Gasteiger partial charge is 0.123 e. The minimum atomic E-state index is 0.00366. The van der Waals surface area contributed by atoms with Crippen molar-refractivity contribution in [3.8, 4) is 5.75 Å². The van der Waals surface area contributed by atoms with Crippen molar-refractivity contribution < 1.29 is 9.47 Å². The van der Waals surface area contributed by atoms with E-state index in [2.05, 4.69) is 95.2 Å². The van der Waals surface area contributed by atoms with Crippen LogP contribution in [0.15, 0.2) is 24.3 Å². The van der Waals surface area contributed by atoms with E-state index in [0.29, 0.717) is 10.8 Å². The second-order valence-electron chi connectivity index (χ2n) is 12.1. The molecule has 2 aliphatic heterocycles. The van der Waals surface area contributed by atoms with Gasteiger partial charge in [-0.15, -0.1) is 0 Å². The molecule has 34 heavy (non-hydrogen) atoms. The summed E-state index contributed by atoms with van der Waals surface area (Å²) in [4.78, 5) is 0. The van der Waals surface area contributed by atoms with Crippen LogP contribution in [-0.2, 0) is 11.2 Å². The van der Waals surface area contributed by atoms with Gasteiger partial charge in [0.1, 0.15) is 11.4 Å². The monoisotopic (exact) mass is 478 g/mol. The molecule has 202 valence electrons. The predicted octanol–water partition coefficient (Wildman–Crippen LogP) is 10.7. The molecule has 0 spiro atoms. The standard InChI is InChI=1S/C10H12O.C8H16.C5H10O.3C3H8/c1-10(2)7-8-5-3-4-6-9(8)11-10;1-8(2)6-4-3-5-7-8;1-5(2)3-6-4-5;3*1-3-2/h3-6H,7H2,1-2H3;3-7H2,1-2H3;3-4H2,1-2H3;3*3H2,1-2H3. The molecule has 1 aliphatic carbocycles. The number of benzene rings is 1. The van der Waals surface area contributed by atoms with Gasteiger partial charge in [-0.1, -0.05) is 126 Å². The van der Waals surface area contributed by atoms with Crippen molar-refractivity contribution in [2.75, 3.05) is 13.2 Å². The first-order chi connectivity index (χ1) is 15.8. The fourth-order valence-corrected chi connectivity index (χ4v) is 3.56. The molecule has 1 saturated heterocycles. The molecular formula is C32H62O2. The molecule has 3 aliphatic rings. The Kier molecular flexibility index (Phi) is 19.8. The third-order valence-electron chi connectivity index (χ3n) is 5.17. The Morgan fingerprint density at radius 3 is 1.35 bits per heavy atom. The SMILES string of the molecule is CC1(C)CCCCC1.CC1(C)COC1.CC1(C)Cc2ccccc2O1.CCC.CCC.CCC. The topological polar surface area (TPSA) is 18.5 Å². The lowest BCUT2D eigenvalue weighted by Crippen LogP contribution is -2.36. The third-order valence-corrected chi connectivity index (χ3v) is 5.17. The lowest BCUT2D eigenvalue weighted by atomic mass is 9.78. The first-order valence-electron chi connectivity index (χ1n) is 14.2. The molecule has 2 heterocycles. The first kappa shape index (κ1) is 35.1. The molecule has 0 atom stereocenters. The minimum absolute atomic E-state index is 0.00366. The molecule has 0 N–H and O–H groups in total. The van der Waals surface area contributed by atoms with Gasteiger partial charge in [0.15, 0.2) is 0 Å². The van der Waals surface area contributed by atoms with Crippen molar-refractivity contribution in [3.05, 3.63) is 29.8 Å². The molecule has 2 nitrogen and oxygen atoms in total. The van der Waals surface area contributed by atoms with Crippen LogP contribution in [0.25, 0.3) is 0 Å². The van der Waals surface area contributed by atoms with Crippen LogP contribution in [0, 0.1) is 10.8 Å². The van der Waals surface area contributed by atoms with Crippen molar-refractivity contribution >= 4 is 0 Å². The highest BCUT2D eigenvalue weighted by Crippen LogP contribution is 2.35. The van der Waals surface area contributed by atoms with Crippen molar-refractivity contribution in [3.63, 3.8) is 0 Å². The van der Waals surface area contributed by atoms with Crippen molar-refractivity contribution in [2.45, 2.75) is 146 Å². The number of hydrogen-bond acceptors (Lipinski definition) is 2. The van der Waals surface area contributed by atoms with Gasteiger partial charge in [-0.2, -0.15) is 0 Å². The Morgan fingerprint density at radius 2 is 1.06 bits per heavy atom. The van der Waals surface area contributed by atoms with E-state index in [-0.39, 0.29) is 5.60 Å². The van der Waals surface area contributed by atoms with E-state index in [1.807, 2.05) is 12.1 Å². The fraction of sp³-hybridized carbons (Fsp3) is 0.812. The highest BCUT2D eigenvalue weighted by Gasteiger charge is 2.29. The van der Waals surface area contributed by atoms with E-state index in [0.717, 1.165) is 25.4 Å². The quantitative estimate of drug-likeness (QED) is 0.369. The van der Waals surface area contributed by atoms with Gasteiger partial charge >= 0.3 is 0 Å². The lowest BCUT2D eigenvalue weighted by Gasteiger charge is -2.33. The van der Waals surface area contributed by atoms with Crippen LogP contribution in [0.1, 0.15) is 140 Å². The zero-order chi connectivity index (χ0) is 26.7.